The molecule has 2 saturated heterocycles. The van der Waals surface area contributed by atoms with Gasteiger partial charge in [0, 0.05) is 12.5 Å². The number of rotatable bonds is 3. The van der Waals surface area contributed by atoms with Gasteiger partial charge in [-0.3, -0.25) is 9.59 Å². The molecule has 4 rings (SSSR count). The molecular weight excluding hydrogens is 356 g/mol. The Morgan fingerprint density at radius 3 is 2.43 bits per heavy atom. The molecule has 0 radical (unpaired) electrons. The van der Waals surface area contributed by atoms with E-state index in [1.807, 2.05) is 42.6 Å². The van der Waals surface area contributed by atoms with Crippen LogP contribution >= 0.6 is 0 Å². The second-order valence-electron chi connectivity index (χ2n) is 7.73. The molecule has 28 heavy (non-hydrogen) atoms. The quantitative estimate of drug-likeness (QED) is 0.645. The Kier molecular flexibility index (Phi) is 4.31. The van der Waals surface area contributed by atoms with Gasteiger partial charge < -0.3 is 10.1 Å². The third-order valence-electron chi connectivity index (χ3n) is 5.98. The highest BCUT2D eigenvalue weighted by Crippen LogP contribution is 2.45. The van der Waals surface area contributed by atoms with E-state index in [0.29, 0.717) is 5.69 Å². The van der Waals surface area contributed by atoms with Crippen molar-refractivity contribution in [3.05, 3.63) is 65.7 Å². The smallest absolute Gasteiger partial charge is 0.368 e. The summed E-state index contributed by atoms with van der Waals surface area (Å²) in [5, 5.41) is 1.83. The number of methoxy groups -OCH3 is 1. The maximum atomic E-state index is 13.4. The first-order valence-corrected chi connectivity index (χ1v) is 9.32. The molecule has 2 aromatic carbocycles. The molecule has 2 aromatic rings. The number of nitrogens with zero attached hydrogens (tertiary/aromatic N) is 1. The van der Waals surface area contributed by atoms with Gasteiger partial charge in [-0.15, -0.1) is 0 Å². The molecule has 144 valence electrons. The van der Waals surface area contributed by atoms with Crippen LogP contribution in [-0.2, 0) is 19.1 Å². The van der Waals surface area contributed by atoms with Crippen molar-refractivity contribution in [3.8, 4) is 0 Å². The number of quaternary nitrogens is 1. The molecule has 0 aromatic heterocycles. The van der Waals surface area contributed by atoms with Gasteiger partial charge in [0.15, 0.2) is 0 Å². The fraction of sp³-hybridized carbons (Fsp3) is 0.318. The normalized spacial score (nSPS) is 29.1. The summed E-state index contributed by atoms with van der Waals surface area (Å²) < 4.78 is 5.03. The van der Waals surface area contributed by atoms with Crippen LogP contribution in [0.15, 0.2) is 54.6 Å². The Hall–Kier alpha value is -2.99. The predicted octanol–water partition coefficient (Wildman–Crippen LogP) is 1.35. The van der Waals surface area contributed by atoms with Gasteiger partial charge in [-0.1, -0.05) is 48.0 Å². The molecule has 6 heteroatoms. The van der Waals surface area contributed by atoms with Crippen molar-refractivity contribution in [3.63, 3.8) is 0 Å². The minimum Gasteiger partial charge on any atom is -0.464 e. The Morgan fingerprint density at radius 1 is 1.07 bits per heavy atom. The maximum Gasteiger partial charge on any atom is 0.368 e. The molecule has 0 aliphatic carbocycles. The number of hydrogen-bond acceptors (Lipinski definition) is 4. The molecule has 4 atom stereocenters. The number of fused-ring (bicyclic) bond motifs is 1. The van der Waals surface area contributed by atoms with E-state index in [2.05, 4.69) is 0 Å². The number of aryl methyl sites for hydroxylation is 1. The van der Waals surface area contributed by atoms with Gasteiger partial charge >= 0.3 is 5.97 Å². The molecular formula is C22H23N2O4+. The number of para-hydroxylation sites is 1. The standard InChI is InChI=1S/C22H22N2O4/c1-13-8-7-9-14(12-13)18-16-17(22(2,23-18)21(27)28-3)20(26)24(19(16)25)15-10-5-4-6-11-15/h4-12,16-18,23H,1-3H3/p+1/t16-,17-,18-,22-/m0/s1. The first-order valence-electron chi connectivity index (χ1n) is 9.32. The number of carbonyl (C=O) groups is 3. The lowest BCUT2D eigenvalue weighted by Gasteiger charge is -2.25. The third kappa shape index (κ3) is 2.56. The van der Waals surface area contributed by atoms with Crippen molar-refractivity contribution < 1.29 is 24.4 Å². The van der Waals surface area contributed by atoms with Crippen LogP contribution in [0.2, 0.25) is 0 Å². The average Bonchev–Trinajstić information content (AvgIpc) is 3.16. The van der Waals surface area contributed by atoms with Crippen LogP contribution in [-0.4, -0.2) is 30.4 Å². The molecule has 2 heterocycles. The zero-order chi connectivity index (χ0) is 20.1. The van der Waals surface area contributed by atoms with Crippen LogP contribution in [0.3, 0.4) is 0 Å². The Balaban J connectivity index is 1.84. The van der Waals surface area contributed by atoms with Gasteiger partial charge in [0.25, 0.3) is 0 Å². The van der Waals surface area contributed by atoms with Crippen LogP contribution in [0.1, 0.15) is 24.1 Å². The van der Waals surface area contributed by atoms with Crippen LogP contribution in [0, 0.1) is 18.8 Å². The van der Waals surface area contributed by atoms with Gasteiger partial charge in [-0.2, -0.15) is 0 Å². The second-order valence-corrected chi connectivity index (χ2v) is 7.73. The second kappa shape index (κ2) is 6.56. The van der Waals surface area contributed by atoms with Crippen molar-refractivity contribution in [2.24, 2.45) is 11.8 Å². The number of anilines is 1. The number of carbonyl (C=O) groups excluding carboxylic acids is 3. The van der Waals surface area contributed by atoms with Gasteiger partial charge in [0.2, 0.25) is 17.4 Å². The highest BCUT2D eigenvalue weighted by Gasteiger charge is 2.70. The lowest BCUT2D eigenvalue weighted by atomic mass is 9.80. The first kappa shape index (κ1) is 18.4. The van der Waals surface area contributed by atoms with Crippen molar-refractivity contribution >= 4 is 23.5 Å². The van der Waals surface area contributed by atoms with E-state index in [0.717, 1.165) is 11.1 Å². The lowest BCUT2D eigenvalue weighted by Crippen LogP contribution is -2.97. The molecule has 6 nitrogen and oxygen atoms in total. The molecule has 2 fully saturated rings. The third-order valence-corrected chi connectivity index (χ3v) is 5.98. The number of ether oxygens (including phenoxy) is 1. The summed E-state index contributed by atoms with van der Waals surface area (Å²) in [6.45, 7) is 3.68. The maximum absolute atomic E-state index is 13.4. The average molecular weight is 379 g/mol. The molecule has 2 aliphatic heterocycles. The fourth-order valence-corrected chi connectivity index (χ4v) is 4.69. The number of amides is 2. The van der Waals surface area contributed by atoms with E-state index >= 15 is 0 Å². The van der Waals surface area contributed by atoms with E-state index in [1.54, 1.807) is 31.2 Å². The number of esters is 1. The van der Waals surface area contributed by atoms with E-state index in [1.165, 1.54) is 12.0 Å². The summed E-state index contributed by atoms with van der Waals surface area (Å²) >= 11 is 0. The summed E-state index contributed by atoms with van der Waals surface area (Å²) in [4.78, 5) is 40.7. The summed E-state index contributed by atoms with van der Waals surface area (Å²) in [6.07, 6.45) is 0. The summed E-state index contributed by atoms with van der Waals surface area (Å²) in [6, 6.07) is 16.4. The van der Waals surface area contributed by atoms with Crippen molar-refractivity contribution in [2.45, 2.75) is 25.4 Å². The van der Waals surface area contributed by atoms with Crippen LogP contribution in [0.4, 0.5) is 5.69 Å². The van der Waals surface area contributed by atoms with E-state index < -0.39 is 23.3 Å². The highest BCUT2D eigenvalue weighted by molar-refractivity contribution is 6.23. The van der Waals surface area contributed by atoms with Crippen LogP contribution < -0.4 is 10.2 Å². The van der Waals surface area contributed by atoms with Crippen molar-refractivity contribution in [1.82, 2.24) is 0 Å². The van der Waals surface area contributed by atoms with Crippen molar-refractivity contribution in [1.29, 1.82) is 0 Å². The summed E-state index contributed by atoms with van der Waals surface area (Å²) in [7, 11) is 1.31. The molecule has 0 bridgehead atoms. The largest absolute Gasteiger partial charge is 0.464 e. The number of nitrogens with two attached hydrogens (primary N) is 1. The van der Waals surface area contributed by atoms with Crippen LogP contribution in [0.25, 0.3) is 0 Å². The number of hydrogen-bond donors (Lipinski definition) is 1. The minimum atomic E-state index is -1.16. The highest BCUT2D eigenvalue weighted by atomic mass is 16.5. The first-order chi connectivity index (χ1) is 13.4. The van der Waals surface area contributed by atoms with E-state index in [9.17, 15) is 14.4 Å². The van der Waals surface area contributed by atoms with Gasteiger partial charge in [-0.25, -0.2) is 9.69 Å². The predicted molar refractivity (Wildman–Crippen MR) is 102 cm³/mol. The molecule has 2 aliphatic rings. The topological polar surface area (TPSA) is 80.3 Å². The number of imide groups is 1. The zero-order valence-corrected chi connectivity index (χ0v) is 16.1. The van der Waals surface area contributed by atoms with Gasteiger partial charge in [0.1, 0.15) is 17.9 Å². The molecule has 0 spiro atoms. The lowest BCUT2D eigenvalue weighted by molar-refractivity contribution is -0.730. The van der Waals surface area contributed by atoms with Gasteiger partial charge in [0.05, 0.1) is 12.8 Å². The van der Waals surface area contributed by atoms with Gasteiger partial charge in [-0.05, 0) is 19.1 Å². The molecule has 0 unspecified atom stereocenters. The molecule has 2 N–H and O–H groups in total. The SMILES string of the molecule is COC(=O)[C@@]1(C)[NH2+][C@@H](c2cccc(C)c2)[C@H]2C(=O)N(c3ccccc3)C(=O)[C@H]21. The monoisotopic (exact) mass is 379 g/mol. The Bertz CT molecular complexity index is 958. The van der Waals surface area contributed by atoms with Crippen molar-refractivity contribution in [2.75, 3.05) is 12.0 Å². The molecule has 2 amide bonds. The zero-order valence-electron chi connectivity index (χ0n) is 16.1. The number of benzene rings is 2. The van der Waals surface area contributed by atoms with E-state index in [-0.39, 0.29) is 17.9 Å². The van der Waals surface area contributed by atoms with E-state index in [4.69, 9.17) is 4.74 Å². The minimum absolute atomic E-state index is 0.267. The summed E-state index contributed by atoms with van der Waals surface area (Å²) in [5.74, 6) is -2.51. The molecule has 0 saturated carbocycles. The fourth-order valence-electron chi connectivity index (χ4n) is 4.69. The Morgan fingerprint density at radius 2 is 1.79 bits per heavy atom. The Labute approximate surface area is 163 Å². The summed E-state index contributed by atoms with van der Waals surface area (Å²) in [5.41, 5.74) is 1.36. The van der Waals surface area contributed by atoms with Crippen LogP contribution in [0.5, 0.6) is 0 Å².